The van der Waals surface area contributed by atoms with E-state index < -0.39 is 35.1 Å². The number of carboxylic acids is 1. The van der Waals surface area contributed by atoms with E-state index in [4.69, 9.17) is 4.74 Å². The molecule has 0 bridgehead atoms. The molecule has 5 aromatic rings. The molecule has 220 valence electrons. The van der Waals surface area contributed by atoms with Crippen LogP contribution in [0.15, 0.2) is 85.2 Å². The Balaban J connectivity index is 1.39. The molecule has 0 fully saturated rings. The van der Waals surface area contributed by atoms with E-state index in [0.29, 0.717) is 33.4 Å². The zero-order valence-electron chi connectivity index (χ0n) is 22.1. The van der Waals surface area contributed by atoms with Crippen LogP contribution >= 0.6 is 0 Å². The molecule has 2 aromatic carbocycles. The monoisotopic (exact) mass is 598 g/mol. The summed E-state index contributed by atoms with van der Waals surface area (Å²) in [6.45, 7) is 1.92. The molecular formula is C30H20F6N4O3. The molecule has 0 amide bonds. The average molecular weight is 599 g/mol. The van der Waals surface area contributed by atoms with E-state index in [1.807, 2.05) is 6.92 Å². The lowest BCUT2D eigenvalue weighted by Crippen LogP contribution is -2.18. The first-order valence-corrected chi connectivity index (χ1v) is 12.5. The van der Waals surface area contributed by atoms with Gasteiger partial charge in [-0.3, -0.25) is 4.98 Å². The Morgan fingerprint density at radius 1 is 0.884 bits per heavy atom. The Labute approximate surface area is 240 Å². The molecule has 3 aromatic heterocycles. The number of ether oxygens (including phenoxy) is 1. The van der Waals surface area contributed by atoms with E-state index in [-0.39, 0.29) is 18.1 Å². The van der Waals surface area contributed by atoms with Gasteiger partial charge in [0.05, 0.1) is 23.1 Å². The van der Waals surface area contributed by atoms with Crippen molar-refractivity contribution < 1.29 is 41.0 Å². The Morgan fingerprint density at radius 2 is 1.65 bits per heavy atom. The highest BCUT2D eigenvalue weighted by Gasteiger charge is 2.41. The number of aromatic nitrogens is 4. The fraction of sp³-hybridized carbons (Fsp3) is 0.133. The highest BCUT2D eigenvalue weighted by molar-refractivity contribution is 5.89. The van der Waals surface area contributed by atoms with Gasteiger partial charge in [0.25, 0.3) is 0 Å². The van der Waals surface area contributed by atoms with Gasteiger partial charge < -0.3 is 9.84 Å². The number of halogens is 6. The standard InChI is InChI=1S/C30H20F6N4O3/c1-17-13-18(23-12-11-20(14-37-23)29(31,32)33)9-10-19(17)16-43-25-7-3-2-5-21(25)24-6-4-8-26(39-24)40-27(30(34,35)36)22(15-38-40)28(41)42/h2-15H,16H2,1H3,(H,41,42). The number of para-hydroxylation sites is 1. The predicted octanol–water partition coefficient (Wildman–Crippen LogP) is 7.62. The second-order valence-electron chi connectivity index (χ2n) is 9.36. The summed E-state index contributed by atoms with van der Waals surface area (Å²) >= 11 is 0. The Hall–Kier alpha value is -5.20. The number of carbonyl (C=O) groups is 1. The highest BCUT2D eigenvalue weighted by atomic mass is 19.4. The number of nitrogens with zero attached hydrogens (tertiary/aromatic N) is 4. The minimum atomic E-state index is -5.00. The molecule has 0 atom stereocenters. The van der Waals surface area contributed by atoms with Gasteiger partial charge in [0, 0.05) is 17.3 Å². The lowest BCUT2D eigenvalue weighted by Gasteiger charge is -2.15. The maximum absolute atomic E-state index is 13.7. The predicted molar refractivity (Wildman–Crippen MR) is 143 cm³/mol. The molecule has 13 heteroatoms. The van der Waals surface area contributed by atoms with E-state index in [0.717, 1.165) is 23.4 Å². The molecule has 0 saturated heterocycles. The van der Waals surface area contributed by atoms with Gasteiger partial charge in [-0.25, -0.2) is 14.5 Å². The zero-order chi connectivity index (χ0) is 30.9. The summed E-state index contributed by atoms with van der Waals surface area (Å²) in [6, 6.07) is 18.6. The molecule has 3 heterocycles. The van der Waals surface area contributed by atoms with Crippen molar-refractivity contribution in [1.82, 2.24) is 19.7 Å². The van der Waals surface area contributed by atoms with Crippen LogP contribution in [0, 0.1) is 6.92 Å². The summed E-state index contributed by atoms with van der Waals surface area (Å²) in [5.74, 6) is -1.63. The van der Waals surface area contributed by atoms with E-state index >= 15 is 0 Å². The van der Waals surface area contributed by atoms with Crippen LogP contribution in [0.5, 0.6) is 5.75 Å². The Bertz CT molecular complexity index is 1800. The number of rotatable bonds is 7. The molecule has 0 aliphatic carbocycles. The molecule has 0 aliphatic rings. The fourth-order valence-electron chi connectivity index (χ4n) is 4.35. The number of carboxylic acid groups (broad SMARTS) is 1. The summed E-state index contributed by atoms with van der Waals surface area (Å²) in [7, 11) is 0. The van der Waals surface area contributed by atoms with Crippen molar-refractivity contribution in [1.29, 1.82) is 0 Å². The highest BCUT2D eigenvalue weighted by Crippen LogP contribution is 2.35. The van der Waals surface area contributed by atoms with Crippen molar-refractivity contribution in [2.75, 3.05) is 0 Å². The van der Waals surface area contributed by atoms with Gasteiger partial charge in [0.1, 0.15) is 17.9 Å². The summed E-state index contributed by atoms with van der Waals surface area (Å²) < 4.78 is 86.3. The molecule has 1 N–H and O–H groups in total. The molecule has 0 spiro atoms. The summed E-state index contributed by atoms with van der Waals surface area (Å²) in [5.41, 5.74) is -0.00364. The number of alkyl halides is 6. The van der Waals surface area contributed by atoms with Gasteiger partial charge in [-0.05, 0) is 60.5 Å². The second kappa shape index (κ2) is 11.2. The normalized spacial score (nSPS) is 11.9. The fourth-order valence-corrected chi connectivity index (χ4v) is 4.35. The second-order valence-corrected chi connectivity index (χ2v) is 9.36. The SMILES string of the molecule is Cc1cc(-c2ccc(C(F)(F)F)cn2)ccc1COc1ccccc1-c1cccc(-n2ncc(C(=O)O)c2C(F)(F)F)n1. The molecule has 7 nitrogen and oxygen atoms in total. The molecule has 0 aliphatic heterocycles. The number of aryl methyl sites for hydroxylation is 1. The van der Waals surface area contributed by atoms with Crippen molar-refractivity contribution in [2.45, 2.75) is 25.9 Å². The third-order valence-corrected chi connectivity index (χ3v) is 6.49. The van der Waals surface area contributed by atoms with Crippen LogP contribution in [-0.2, 0) is 19.0 Å². The molecule has 43 heavy (non-hydrogen) atoms. The minimum Gasteiger partial charge on any atom is -0.488 e. The number of benzene rings is 2. The van der Waals surface area contributed by atoms with Crippen molar-refractivity contribution in [3.63, 3.8) is 0 Å². The van der Waals surface area contributed by atoms with Crippen molar-refractivity contribution in [3.8, 4) is 34.1 Å². The lowest BCUT2D eigenvalue weighted by molar-refractivity contribution is -0.143. The molecule has 0 saturated carbocycles. The van der Waals surface area contributed by atoms with Gasteiger partial charge in [-0.2, -0.15) is 31.4 Å². The summed E-state index contributed by atoms with van der Waals surface area (Å²) in [6.07, 6.45) is -8.08. The first kappa shape index (κ1) is 29.3. The molecule has 0 radical (unpaired) electrons. The lowest BCUT2D eigenvalue weighted by atomic mass is 10.0. The van der Waals surface area contributed by atoms with E-state index in [1.165, 1.54) is 18.2 Å². The third kappa shape index (κ3) is 6.20. The summed E-state index contributed by atoms with van der Waals surface area (Å²) in [5, 5.41) is 12.8. The molecule has 5 rings (SSSR count). The van der Waals surface area contributed by atoms with Crippen LogP contribution in [0.2, 0.25) is 0 Å². The van der Waals surface area contributed by atoms with Gasteiger partial charge in [-0.15, -0.1) is 0 Å². The number of hydrogen-bond acceptors (Lipinski definition) is 5. The van der Waals surface area contributed by atoms with E-state index in [2.05, 4.69) is 15.1 Å². The smallest absolute Gasteiger partial charge is 0.434 e. The van der Waals surface area contributed by atoms with Crippen LogP contribution in [0.4, 0.5) is 26.3 Å². The van der Waals surface area contributed by atoms with Crippen LogP contribution in [-0.4, -0.2) is 30.8 Å². The maximum Gasteiger partial charge on any atom is 0.434 e. The Kier molecular flexibility index (Phi) is 7.65. The maximum atomic E-state index is 13.7. The largest absolute Gasteiger partial charge is 0.488 e. The molecular weight excluding hydrogens is 578 g/mol. The zero-order valence-corrected chi connectivity index (χ0v) is 22.1. The van der Waals surface area contributed by atoms with Gasteiger partial charge in [0.2, 0.25) is 0 Å². The number of aromatic carboxylic acids is 1. The minimum absolute atomic E-state index is 0.0998. The quantitative estimate of drug-likeness (QED) is 0.194. The first-order valence-electron chi connectivity index (χ1n) is 12.5. The average Bonchev–Trinajstić information content (AvgIpc) is 3.43. The van der Waals surface area contributed by atoms with E-state index in [9.17, 15) is 36.2 Å². The topological polar surface area (TPSA) is 90.1 Å². The van der Waals surface area contributed by atoms with Gasteiger partial charge >= 0.3 is 18.3 Å². The van der Waals surface area contributed by atoms with Crippen LogP contribution < -0.4 is 4.74 Å². The van der Waals surface area contributed by atoms with E-state index in [1.54, 1.807) is 48.5 Å². The van der Waals surface area contributed by atoms with Crippen LogP contribution in [0.3, 0.4) is 0 Å². The van der Waals surface area contributed by atoms with Gasteiger partial charge in [-0.1, -0.05) is 30.3 Å². The van der Waals surface area contributed by atoms with Crippen molar-refractivity contribution in [3.05, 3.63) is 113 Å². The Morgan fingerprint density at radius 3 is 2.30 bits per heavy atom. The van der Waals surface area contributed by atoms with Crippen molar-refractivity contribution >= 4 is 5.97 Å². The van der Waals surface area contributed by atoms with Gasteiger partial charge in [0.15, 0.2) is 11.5 Å². The molecule has 0 unspecified atom stereocenters. The first-order chi connectivity index (χ1) is 20.3. The van der Waals surface area contributed by atoms with Crippen molar-refractivity contribution in [2.24, 2.45) is 0 Å². The number of pyridine rings is 2. The number of hydrogen-bond donors (Lipinski definition) is 1. The van der Waals surface area contributed by atoms with Crippen LogP contribution in [0.25, 0.3) is 28.3 Å². The third-order valence-electron chi connectivity index (χ3n) is 6.49. The summed E-state index contributed by atoms with van der Waals surface area (Å²) in [4.78, 5) is 19.6. The van der Waals surface area contributed by atoms with Crippen LogP contribution in [0.1, 0.15) is 32.7 Å².